The van der Waals surface area contributed by atoms with E-state index in [0.29, 0.717) is 11.3 Å². The molecule has 0 saturated heterocycles. The van der Waals surface area contributed by atoms with Crippen molar-refractivity contribution in [2.75, 3.05) is 0 Å². The van der Waals surface area contributed by atoms with Crippen LogP contribution in [-0.4, -0.2) is 33.1 Å². The van der Waals surface area contributed by atoms with Crippen molar-refractivity contribution in [1.29, 1.82) is 0 Å². The fourth-order valence-corrected chi connectivity index (χ4v) is 8.75. The molecule has 30 heavy (non-hydrogen) atoms. The SMILES string of the molecule is CC(CCCC(C)(C)O)[C@H]1CC[C@H]2[C@@H]3CC=C4[C@@H](O)[C@@H](O)CC[C@]4(C)[C@H]3CC[C@]12C. The summed E-state index contributed by atoms with van der Waals surface area (Å²) in [5.41, 5.74) is 1.14. The highest BCUT2D eigenvalue weighted by Gasteiger charge is 2.60. The second-order valence-corrected chi connectivity index (χ2v) is 12.7. The highest BCUT2D eigenvalue weighted by Crippen LogP contribution is 2.67. The number of hydrogen-bond donors (Lipinski definition) is 3. The van der Waals surface area contributed by atoms with E-state index in [2.05, 4.69) is 26.8 Å². The van der Waals surface area contributed by atoms with E-state index in [-0.39, 0.29) is 5.41 Å². The summed E-state index contributed by atoms with van der Waals surface area (Å²) in [5.74, 6) is 3.75. The first-order valence-corrected chi connectivity index (χ1v) is 12.8. The molecule has 4 aliphatic carbocycles. The van der Waals surface area contributed by atoms with Crippen molar-refractivity contribution >= 4 is 0 Å². The first kappa shape index (κ1) is 22.8. The van der Waals surface area contributed by atoms with E-state index in [1.54, 1.807) is 0 Å². The summed E-state index contributed by atoms with van der Waals surface area (Å²) < 4.78 is 0. The lowest BCUT2D eigenvalue weighted by molar-refractivity contribution is -0.0802. The molecule has 0 aliphatic heterocycles. The number of fused-ring (bicyclic) bond motifs is 5. The van der Waals surface area contributed by atoms with Gasteiger partial charge >= 0.3 is 0 Å². The molecule has 4 rings (SSSR count). The van der Waals surface area contributed by atoms with Gasteiger partial charge in [0.05, 0.1) is 11.7 Å². The van der Waals surface area contributed by atoms with Crippen LogP contribution in [0.5, 0.6) is 0 Å². The van der Waals surface area contributed by atoms with Gasteiger partial charge in [0, 0.05) is 0 Å². The van der Waals surface area contributed by atoms with E-state index in [1.807, 2.05) is 13.8 Å². The van der Waals surface area contributed by atoms with Crippen LogP contribution < -0.4 is 0 Å². The van der Waals surface area contributed by atoms with Gasteiger partial charge in [-0.3, -0.25) is 0 Å². The fraction of sp³-hybridized carbons (Fsp3) is 0.926. The van der Waals surface area contributed by atoms with Crippen LogP contribution in [0.15, 0.2) is 11.6 Å². The number of hydrogen-bond acceptors (Lipinski definition) is 3. The Bertz CT molecular complexity index is 664. The molecule has 3 saturated carbocycles. The Labute approximate surface area is 184 Å². The van der Waals surface area contributed by atoms with Crippen LogP contribution in [0, 0.1) is 40.4 Å². The van der Waals surface area contributed by atoms with Crippen LogP contribution in [0.3, 0.4) is 0 Å². The first-order valence-electron chi connectivity index (χ1n) is 12.8. The van der Waals surface area contributed by atoms with Crippen LogP contribution in [-0.2, 0) is 0 Å². The lowest BCUT2D eigenvalue weighted by atomic mass is 9.46. The predicted molar refractivity (Wildman–Crippen MR) is 122 cm³/mol. The van der Waals surface area contributed by atoms with Gasteiger partial charge in [-0.1, -0.05) is 39.7 Å². The second-order valence-electron chi connectivity index (χ2n) is 12.7. The summed E-state index contributed by atoms with van der Waals surface area (Å²) in [6.45, 7) is 11.3. The summed E-state index contributed by atoms with van der Waals surface area (Å²) in [6.07, 6.45) is 12.6. The molecule has 9 atom stereocenters. The van der Waals surface area contributed by atoms with Crippen LogP contribution in [0.4, 0.5) is 0 Å². The van der Waals surface area contributed by atoms with Gasteiger partial charge in [0.25, 0.3) is 0 Å². The molecule has 0 heterocycles. The van der Waals surface area contributed by atoms with Gasteiger partial charge in [-0.2, -0.15) is 0 Å². The molecule has 0 radical (unpaired) electrons. The maximum Gasteiger partial charge on any atom is 0.101 e. The normalized spacial score (nSPS) is 47.1. The zero-order chi connectivity index (χ0) is 21.9. The number of aliphatic hydroxyl groups excluding tert-OH is 2. The van der Waals surface area contributed by atoms with E-state index in [9.17, 15) is 15.3 Å². The summed E-state index contributed by atoms with van der Waals surface area (Å²) in [7, 11) is 0. The standard InChI is InChI=1S/C27H46O3/c1-17(7-6-14-25(2,3)30)19-10-11-20-18-8-9-22-24(29)23(28)13-16-27(22,5)21(18)12-15-26(19,20)4/h9,17-21,23-24,28-30H,6-8,10-16H2,1-5H3/t17?,18-,19+,20-,21-,23-,24+,26+,27+/m0/s1. The van der Waals surface area contributed by atoms with Crippen molar-refractivity contribution < 1.29 is 15.3 Å². The number of aliphatic hydroxyl groups is 3. The van der Waals surface area contributed by atoms with Crippen molar-refractivity contribution in [1.82, 2.24) is 0 Å². The van der Waals surface area contributed by atoms with Crippen LogP contribution >= 0.6 is 0 Å². The monoisotopic (exact) mass is 418 g/mol. The van der Waals surface area contributed by atoms with Gasteiger partial charge in [-0.15, -0.1) is 0 Å². The van der Waals surface area contributed by atoms with Gasteiger partial charge in [-0.25, -0.2) is 0 Å². The highest BCUT2D eigenvalue weighted by atomic mass is 16.3. The van der Waals surface area contributed by atoms with E-state index in [0.717, 1.165) is 61.3 Å². The second kappa shape index (κ2) is 7.89. The molecule has 3 heteroatoms. The van der Waals surface area contributed by atoms with E-state index in [1.165, 1.54) is 32.1 Å². The van der Waals surface area contributed by atoms with Crippen LogP contribution in [0.2, 0.25) is 0 Å². The third-order valence-electron chi connectivity index (χ3n) is 10.4. The molecule has 0 aromatic carbocycles. The average molecular weight is 419 g/mol. The van der Waals surface area contributed by atoms with Gasteiger partial charge < -0.3 is 15.3 Å². The Kier molecular flexibility index (Phi) is 5.99. The zero-order valence-corrected chi connectivity index (χ0v) is 20.0. The molecule has 0 bridgehead atoms. The Balaban J connectivity index is 1.49. The van der Waals surface area contributed by atoms with Crippen molar-refractivity contribution in [3.8, 4) is 0 Å². The molecule has 3 N–H and O–H groups in total. The Morgan fingerprint density at radius 1 is 1.07 bits per heavy atom. The van der Waals surface area contributed by atoms with Gasteiger partial charge in [0.1, 0.15) is 6.10 Å². The molecule has 3 nitrogen and oxygen atoms in total. The lowest BCUT2D eigenvalue weighted by Crippen LogP contribution is -2.53. The van der Waals surface area contributed by atoms with Crippen molar-refractivity contribution in [2.45, 2.75) is 117 Å². The minimum absolute atomic E-state index is 0.0826. The number of allylic oxidation sites excluding steroid dienone is 1. The molecule has 1 unspecified atom stereocenters. The third-order valence-corrected chi connectivity index (χ3v) is 10.4. The first-order chi connectivity index (χ1) is 14.0. The molecule has 4 aliphatic rings. The van der Waals surface area contributed by atoms with Crippen LogP contribution in [0.25, 0.3) is 0 Å². The van der Waals surface area contributed by atoms with Crippen LogP contribution in [0.1, 0.15) is 98.8 Å². The fourth-order valence-electron chi connectivity index (χ4n) is 8.75. The van der Waals surface area contributed by atoms with Crippen molar-refractivity contribution in [2.24, 2.45) is 40.4 Å². The lowest BCUT2D eigenvalue weighted by Gasteiger charge is -2.59. The molecule has 172 valence electrons. The van der Waals surface area contributed by atoms with Gasteiger partial charge in [0.2, 0.25) is 0 Å². The number of rotatable bonds is 5. The van der Waals surface area contributed by atoms with Gasteiger partial charge in [0.15, 0.2) is 0 Å². The molecule has 0 spiro atoms. The Morgan fingerprint density at radius 2 is 1.80 bits per heavy atom. The highest BCUT2D eigenvalue weighted by molar-refractivity contribution is 5.29. The molecule has 0 aromatic rings. The molecular formula is C27H46O3. The quantitative estimate of drug-likeness (QED) is 0.519. The molecular weight excluding hydrogens is 372 g/mol. The Hall–Kier alpha value is -0.380. The van der Waals surface area contributed by atoms with E-state index < -0.39 is 17.8 Å². The summed E-state index contributed by atoms with van der Waals surface area (Å²) in [6, 6.07) is 0. The maximum absolute atomic E-state index is 10.7. The largest absolute Gasteiger partial charge is 0.390 e. The zero-order valence-electron chi connectivity index (χ0n) is 20.0. The van der Waals surface area contributed by atoms with E-state index >= 15 is 0 Å². The molecule has 0 amide bonds. The Morgan fingerprint density at radius 3 is 2.50 bits per heavy atom. The predicted octanol–water partition coefficient (Wildman–Crippen LogP) is 5.47. The minimum atomic E-state index is -0.648. The van der Waals surface area contributed by atoms with Crippen molar-refractivity contribution in [3.63, 3.8) is 0 Å². The van der Waals surface area contributed by atoms with Crippen molar-refractivity contribution in [3.05, 3.63) is 11.6 Å². The minimum Gasteiger partial charge on any atom is -0.390 e. The summed E-state index contributed by atoms with van der Waals surface area (Å²) >= 11 is 0. The maximum atomic E-state index is 10.7. The summed E-state index contributed by atoms with van der Waals surface area (Å²) in [5, 5.41) is 31.0. The average Bonchev–Trinajstić information content (AvgIpc) is 3.01. The topological polar surface area (TPSA) is 60.7 Å². The molecule has 3 fully saturated rings. The summed E-state index contributed by atoms with van der Waals surface area (Å²) in [4.78, 5) is 0. The third kappa shape index (κ3) is 3.71. The smallest absolute Gasteiger partial charge is 0.101 e. The van der Waals surface area contributed by atoms with E-state index in [4.69, 9.17) is 0 Å². The molecule has 0 aromatic heterocycles. The van der Waals surface area contributed by atoms with Gasteiger partial charge in [-0.05, 0) is 111 Å².